The number of ether oxygens (including phenoxy) is 1. The van der Waals surface area contributed by atoms with Gasteiger partial charge in [0.2, 0.25) is 0 Å². The van der Waals surface area contributed by atoms with Gasteiger partial charge in [0.15, 0.2) is 0 Å². The number of rotatable bonds is 3. The second kappa shape index (κ2) is 4.93. The Morgan fingerprint density at radius 2 is 2.11 bits per heavy atom. The standard InChI is InChI=1S/C16H23NO/c1-11-8-13(9-11)17-16-5-3-4-12-10-14(18-2)6-7-15(12)16/h6-7,10-11,13,16-17H,3-5,8-9H2,1-2H3. The SMILES string of the molecule is COc1ccc2c(c1)CCCC2NC1CC(C)C1. The van der Waals surface area contributed by atoms with Gasteiger partial charge in [-0.2, -0.15) is 0 Å². The fourth-order valence-electron chi connectivity index (χ4n) is 3.41. The maximum atomic E-state index is 5.32. The predicted molar refractivity (Wildman–Crippen MR) is 74.0 cm³/mol. The van der Waals surface area contributed by atoms with Crippen LogP contribution in [0.4, 0.5) is 0 Å². The molecular formula is C16H23NO. The van der Waals surface area contributed by atoms with Crippen LogP contribution >= 0.6 is 0 Å². The number of hydrogen-bond acceptors (Lipinski definition) is 2. The highest BCUT2D eigenvalue weighted by Crippen LogP contribution is 2.35. The molecule has 0 amide bonds. The molecule has 1 N–H and O–H groups in total. The van der Waals surface area contributed by atoms with Crippen molar-refractivity contribution < 1.29 is 4.74 Å². The highest BCUT2D eigenvalue weighted by molar-refractivity contribution is 5.39. The lowest BCUT2D eigenvalue weighted by atomic mass is 9.79. The van der Waals surface area contributed by atoms with Crippen LogP contribution in [0.1, 0.15) is 49.8 Å². The highest BCUT2D eigenvalue weighted by atomic mass is 16.5. The van der Waals surface area contributed by atoms with Crippen molar-refractivity contribution in [2.24, 2.45) is 5.92 Å². The third-order valence-corrected chi connectivity index (χ3v) is 4.48. The maximum Gasteiger partial charge on any atom is 0.119 e. The maximum absolute atomic E-state index is 5.32. The summed E-state index contributed by atoms with van der Waals surface area (Å²) in [4.78, 5) is 0. The Morgan fingerprint density at radius 1 is 1.28 bits per heavy atom. The summed E-state index contributed by atoms with van der Waals surface area (Å²) in [6.07, 6.45) is 6.47. The molecule has 0 heterocycles. The van der Waals surface area contributed by atoms with E-state index in [0.29, 0.717) is 6.04 Å². The van der Waals surface area contributed by atoms with Crippen molar-refractivity contribution in [1.82, 2.24) is 5.32 Å². The lowest BCUT2D eigenvalue weighted by Gasteiger charge is -2.38. The molecule has 3 rings (SSSR count). The van der Waals surface area contributed by atoms with Crippen molar-refractivity contribution in [1.29, 1.82) is 0 Å². The van der Waals surface area contributed by atoms with Crippen LogP contribution in [-0.2, 0) is 6.42 Å². The van der Waals surface area contributed by atoms with Gasteiger partial charge in [0.05, 0.1) is 7.11 Å². The van der Waals surface area contributed by atoms with Gasteiger partial charge in [-0.05, 0) is 61.3 Å². The van der Waals surface area contributed by atoms with Crippen molar-refractivity contribution in [3.05, 3.63) is 29.3 Å². The van der Waals surface area contributed by atoms with Gasteiger partial charge in [0.25, 0.3) is 0 Å². The predicted octanol–water partition coefficient (Wildman–Crippen LogP) is 3.46. The molecule has 0 aromatic heterocycles. The lowest BCUT2D eigenvalue weighted by molar-refractivity contribution is 0.215. The summed E-state index contributed by atoms with van der Waals surface area (Å²) in [6.45, 7) is 2.35. The molecule has 0 saturated heterocycles. The Morgan fingerprint density at radius 3 is 2.83 bits per heavy atom. The van der Waals surface area contributed by atoms with Gasteiger partial charge in [-0.1, -0.05) is 13.0 Å². The van der Waals surface area contributed by atoms with E-state index < -0.39 is 0 Å². The Bertz CT molecular complexity index is 423. The number of fused-ring (bicyclic) bond motifs is 1. The normalized spacial score (nSPS) is 30.4. The summed E-state index contributed by atoms with van der Waals surface area (Å²) in [5.41, 5.74) is 2.98. The summed E-state index contributed by atoms with van der Waals surface area (Å²) >= 11 is 0. The zero-order valence-corrected chi connectivity index (χ0v) is 11.4. The van der Waals surface area contributed by atoms with E-state index in [1.807, 2.05) is 0 Å². The van der Waals surface area contributed by atoms with Gasteiger partial charge < -0.3 is 10.1 Å². The van der Waals surface area contributed by atoms with E-state index in [-0.39, 0.29) is 0 Å². The molecule has 1 aromatic carbocycles. The molecule has 1 unspecified atom stereocenters. The van der Waals surface area contributed by atoms with Crippen molar-refractivity contribution in [2.75, 3.05) is 7.11 Å². The van der Waals surface area contributed by atoms with Crippen LogP contribution in [0.25, 0.3) is 0 Å². The molecule has 0 spiro atoms. The van der Waals surface area contributed by atoms with E-state index in [2.05, 4.69) is 30.4 Å². The van der Waals surface area contributed by atoms with E-state index in [1.54, 1.807) is 7.11 Å². The third-order valence-electron chi connectivity index (χ3n) is 4.48. The Labute approximate surface area is 110 Å². The minimum absolute atomic E-state index is 0.567. The van der Waals surface area contributed by atoms with Crippen molar-refractivity contribution in [3.8, 4) is 5.75 Å². The monoisotopic (exact) mass is 245 g/mol. The van der Waals surface area contributed by atoms with Crippen molar-refractivity contribution in [3.63, 3.8) is 0 Å². The Kier molecular flexibility index (Phi) is 3.29. The van der Waals surface area contributed by atoms with Crippen LogP contribution < -0.4 is 10.1 Å². The zero-order valence-electron chi connectivity index (χ0n) is 11.4. The fourth-order valence-corrected chi connectivity index (χ4v) is 3.41. The van der Waals surface area contributed by atoms with Crippen molar-refractivity contribution in [2.45, 2.75) is 51.1 Å². The first-order valence-corrected chi connectivity index (χ1v) is 7.19. The third kappa shape index (κ3) is 2.26. The van der Waals surface area contributed by atoms with Gasteiger partial charge in [0, 0.05) is 12.1 Å². The second-order valence-corrected chi connectivity index (χ2v) is 5.95. The number of methoxy groups -OCH3 is 1. The van der Waals surface area contributed by atoms with Gasteiger partial charge in [-0.15, -0.1) is 0 Å². The quantitative estimate of drug-likeness (QED) is 0.880. The summed E-state index contributed by atoms with van der Waals surface area (Å²) in [6, 6.07) is 7.89. The molecule has 98 valence electrons. The van der Waals surface area contributed by atoms with E-state index >= 15 is 0 Å². The Hall–Kier alpha value is -1.02. The molecule has 2 nitrogen and oxygen atoms in total. The van der Waals surface area contributed by atoms with Crippen LogP contribution in [0.3, 0.4) is 0 Å². The van der Waals surface area contributed by atoms with E-state index in [0.717, 1.165) is 17.7 Å². The average Bonchev–Trinajstić information content (AvgIpc) is 2.36. The molecule has 0 aliphatic heterocycles. The van der Waals surface area contributed by atoms with Gasteiger partial charge in [0.1, 0.15) is 5.75 Å². The largest absolute Gasteiger partial charge is 0.497 e. The Balaban J connectivity index is 1.74. The van der Waals surface area contributed by atoms with Gasteiger partial charge >= 0.3 is 0 Å². The summed E-state index contributed by atoms with van der Waals surface area (Å²) in [7, 11) is 1.75. The molecule has 18 heavy (non-hydrogen) atoms. The van der Waals surface area contributed by atoms with E-state index in [9.17, 15) is 0 Å². The lowest BCUT2D eigenvalue weighted by Crippen LogP contribution is -2.42. The first-order valence-electron chi connectivity index (χ1n) is 7.19. The topological polar surface area (TPSA) is 21.3 Å². The van der Waals surface area contributed by atoms with Crippen LogP contribution in [0.15, 0.2) is 18.2 Å². The molecule has 2 aliphatic carbocycles. The number of benzene rings is 1. The smallest absolute Gasteiger partial charge is 0.119 e. The minimum Gasteiger partial charge on any atom is -0.497 e. The fraction of sp³-hybridized carbons (Fsp3) is 0.625. The highest BCUT2D eigenvalue weighted by Gasteiger charge is 2.29. The van der Waals surface area contributed by atoms with Gasteiger partial charge in [-0.3, -0.25) is 0 Å². The molecule has 1 fully saturated rings. The number of hydrogen-bond donors (Lipinski definition) is 1. The first-order chi connectivity index (χ1) is 8.76. The van der Waals surface area contributed by atoms with E-state index in [1.165, 1.54) is 43.2 Å². The van der Waals surface area contributed by atoms with Crippen LogP contribution in [0.2, 0.25) is 0 Å². The summed E-state index contributed by atoms with van der Waals surface area (Å²) < 4.78 is 5.32. The number of aryl methyl sites for hydroxylation is 1. The first kappa shape index (κ1) is 12.0. The molecule has 1 atom stereocenters. The summed E-state index contributed by atoms with van der Waals surface area (Å²) in [5.74, 6) is 1.91. The molecule has 2 heteroatoms. The zero-order chi connectivity index (χ0) is 12.5. The van der Waals surface area contributed by atoms with Crippen LogP contribution in [0.5, 0.6) is 5.75 Å². The average molecular weight is 245 g/mol. The van der Waals surface area contributed by atoms with Crippen molar-refractivity contribution >= 4 is 0 Å². The van der Waals surface area contributed by atoms with Crippen LogP contribution in [-0.4, -0.2) is 13.2 Å². The molecule has 0 bridgehead atoms. The number of nitrogens with one attached hydrogen (secondary N) is 1. The molecule has 2 aliphatic rings. The van der Waals surface area contributed by atoms with Crippen LogP contribution in [0, 0.1) is 5.92 Å². The molecule has 1 aromatic rings. The molecular weight excluding hydrogens is 222 g/mol. The minimum atomic E-state index is 0.567. The molecule has 0 radical (unpaired) electrons. The van der Waals surface area contributed by atoms with E-state index in [4.69, 9.17) is 4.74 Å². The second-order valence-electron chi connectivity index (χ2n) is 5.95. The van der Waals surface area contributed by atoms with Gasteiger partial charge in [-0.25, -0.2) is 0 Å². The summed E-state index contributed by atoms with van der Waals surface area (Å²) in [5, 5.41) is 3.84. The molecule has 1 saturated carbocycles.